The first-order valence-corrected chi connectivity index (χ1v) is 9.75. The zero-order chi connectivity index (χ0) is 18.0. The standard InChI is InChI=1S/C18H24N4O2S/c1-4-8-20(9-5-2)17(23)12-21-18(24)14-11-15-13(7-10-25-15)22(14)16(6-3)19-21/h7,10-11H,4-6,8-9,12H2,1-3H3. The Labute approximate surface area is 150 Å². The van der Waals surface area contributed by atoms with E-state index in [0.717, 1.165) is 28.9 Å². The maximum absolute atomic E-state index is 12.9. The van der Waals surface area contributed by atoms with Crippen LogP contribution in [0.4, 0.5) is 0 Å². The highest BCUT2D eigenvalue weighted by atomic mass is 32.1. The molecule has 3 heterocycles. The fourth-order valence-electron chi connectivity index (χ4n) is 3.19. The van der Waals surface area contributed by atoms with Gasteiger partial charge in [0, 0.05) is 19.5 Å². The molecule has 0 radical (unpaired) electrons. The van der Waals surface area contributed by atoms with Crippen molar-refractivity contribution in [2.24, 2.45) is 0 Å². The van der Waals surface area contributed by atoms with Crippen LogP contribution >= 0.6 is 11.3 Å². The number of aromatic nitrogens is 3. The van der Waals surface area contributed by atoms with E-state index in [2.05, 4.69) is 18.9 Å². The molecule has 0 fully saturated rings. The summed E-state index contributed by atoms with van der Waals surface area (Å²) in [5.74, 6) is 0.756. The number of rotatable bonds is 7. The number of aryl methyl sites for hydroxylation is 1. The van der Waals surface area contributed by atoms with E-state index >= 15 is 0 Å². The molecule has 3 rings (SSSR count). The molecule has 0 aliphatic heterocycles. The summed E-state index contributed by atoms with van der Waals surface area (Å²) < 4.78 is 4.32. The fraction of sp³-hybridized carbons (Fsp3) is 0.500. The largest absolute Gasteiger partial charge is 0.341 e. The zero-order valence-electron chi connectivity index (χ0n) is 15.0. The molecule has 134 valence electrons. The van der Waals surface area contributed by atoms with Crippen molar-refractivity contribution >= 4 is 33.0 Å². The van der Waals surface area contributed by atoms with Gasteiger partial charge in [-0.2, -0.15) is 5.10 Å². The first-order valence-electron chi connectivity index (χ1n) is 8.87. The second-order valence-electron chi connectivity index (χ2n) is 6.15. The lowest BCUT2D eigenvalue weighted by molar-refractivity contribution is -0.132. The molecule has 0 aliphatic carbocycles. The molecule has 6 nitrogen and oxygen atoms in total. The van der Waals surface area contributed by atoms with E-state index in [9.17, 15) is 9.59 Å². The summed E-state index contributed by atoms with van der Waals surface area (Å²) in [6, 6.07) is 3.91. The summed E-state index contributed by atoms with van der Waals surface area (Å²) in [4.78, 5) is 27.3. The number of carbonyl (C=O) groups is 1. The van der Waals surface area contributed by atoms with Crippen LogP contribution in [0.25, 0.3) is 15.7 Å². The molecule has 7 heteroatoms. The molecule has 0 spiro atoms. The summed E-state index contributed by atoms with van der Waals surface area (Å²) in [5, 5.41) is 6.50. The molecule has 0 unspecified atom stereocenters. The van der Waals surface area contributed by atoms with Crippen LogP contribution in [0.2, 0.25) is 0 Å². The Balaban J connectivity index is 2.03. The van der Waals surface area contributed by atoms with Gasteiger partial charge in [0.2, 0.25) is 5.91 Å². The third-order valence-corrected chi connectivity index (χ3v) is 5.16. The van der Waals surface area contributed by atoms with Crippen LogP contribution in [0.5, 0.6) is 0 Å². The Hall–Kier alpha value is -2.15. The smallest absolute Gasteiger partial charge is 0.291 e. The normalized spacial score (nSPS) is 11.5. The second kappa shape index (κ2) is 7.39. The minimum absolute atomic E-state index is 0.00115. The molecular formula is C18H24N4O2S. The van der Waals surface area contributed by atoms with Gasteiger partial charge in [-0.15, -0.1) is 11.3 Å². The summed E-state index contributed by atoms with van der Waals surface area (Å²) in [6.07, 6.45) is 2.50. The topological polar surface area (TPSA) is 59.6 Å². The van der Waals surface area contributed by atoms with Gasteiger partial charge in [-0.3, -0.25) is 14.0 Å². The van der Waals surface area contributed by atoms with Gasteiger partial charge < -0.3 is 4.90 Å². The van der Waals surface area contributed by atoms with Crippen molar-refractivity contribution in [1.82, 2.24) is 19.1 Å². The number of hydrogen-bond donors (Lipinski definition) is 0. The molecule has 3 aromatic rings. The van der Waals surface area contributed by atoms with Crippen molar-refractivity contribution in [2.75, 3.05) is 13.1 Å². The van der Waals surface area contributed by atoms with Crippen molar-refractivity contribution in [1.29, 1.82) is 0 Å². The molecule has 0 aromatic carbocycles. The first kappa shape index (κ1) is 17.7. The third-order valence-electron chi connectivity index (χ3n) is 4.31. The monoisotopic (exact) mass is 360 g/mol. The Bertz CT molecular complexity index is 947. The first-order chi connectivity index (χ1) is 12.1. The Morgan fingerprint density at radius 2 is 1.92 bits per heavy atom. The van der Waals surface area contributed by atoms with Crippen LogP contribution in [0, 0.1) is 0 Å². The van der Waals surface area contributed by atoms with Gasteiger partial charge in [-0.25, -0.2) is 4.68 Å². The van der Waals surface area contributed by atoms with E-state index in [1.165, 1.54) is 4.68 Å². The van der Waals surface area contributed by atoms with E-state index in [1.807, 2.05) is 33.7 Å². The Morgan fingerprint density at radius 1 is 1.20 bits per heavy atom. The van der Waals surface area contributed by atoms with Crippen LogP contribution in [0.3, 0.4) is 0 Å². The number of nitrogens with zero attached hydrogens (tertiary/aromatic N) is 4. The molecule has 1 amide bonds. The van der Waals surface area contributed by atoms with Crippen LogP contribution < -0.4 is 5.56 Å². The lowest BCUT2D eigenvalue weighted by Gasteiger charge is -2.21. The predicted octanol–water partition coefficient (Wildman–Crippen LogP) is 2.92. The number of thiophene rings is 1. The van der Waals surface area contributed by atoms with Gasteiger partial charge in [-0.1, -0.05) is 20.8 Å². The maximum atomic E-state index is 12.9. The molecular weight excluding hydrogens is 336 g/mol. The van der Waals surface area contributed by atoms with E-state index in [0.29, 0.717) is 25.0 Å². The van der Waals surface area contributed by atoms with Crippen LogP contribution in [-0.4, -0.2) is 38.1 Å². The molecule has 0 saturated carbocycles. The molecule has 25 heavy (non-hydrogen) atoms. The van der Waals surface area contributed by atoms with Gasteiger partial charge in [0.05, 0.1) is 10.2 Å². The van der Waals surface area contributed by atoms with Crippen LogP contribution in [0.1, 0.15) is 39.4 Å². The van der Waals surface area contributed by atoms with Crippen molar-refractivity contribution in [3.05, 3.63) is 33.7 Å². The number of amides is 1. The molecule has 3 aromatic heterocycles. The van der Waals surface area contributed by atoms with E-state index in [1.54, 1.807) is 11.3 Å². The Kier molecular flexibility index (Phi) is 5.22. The van der Waals surface area contributed by atoms with Gasteiger partial charge in [0.1, 0.15) is 17.9 Å². The van der Waals surface area contributed by atoms with E-state index < -0.39 is 0 Å². The molecule has 0 bridgehead atoms. The van der Waals surface area contributed by atoms with Gasteiger partial charge in [0.25, 0.3) is 5.56 Å². The highest BCUT2D eigenvalue weighted by molar-refractivity contribution is 7.17. The lowest BCUT2D eigenvalue weighted by Crippen LogP contribution is -2.39. The summed E-state index contributed by atoms with van der Waals surface area (Å²) in [5.41, 5.74) is 1.40. The highest BCUT2D eigenvalue weighted by Gasteiger charge is 2.18. The number of fused-ring (bicyclic) bond motifs is 3. The predicted molar refractivity (Wildman–Crippen MR) is 101 cm³/mol. The number of hydrogen-bond acceptors (Lipinski definition) is 4. The number of carbonyl (C=O) groups excluding carboxylic acids is 1. The van der Waals surface area contributed by atoms with E-state index in [4.69, 9.17) is 0 Å². The van der Waals surface area contributed by atoms with Crippen LogP contribution in [-0.2, 0) is 17.8 Å². The van der Waals surface area contributed by atoms with Crippen molar-refractivity contribution in [3.63, 3.8) is 0 Å². The van der Waals surface area contributed by atoms with Gasteiger partial charge in [0.15, 0.2) is 0 Å². The zero-order valence-corrected chi connectivity index (χ0v) is 15.8. The van der Waals surface area contributed by atoms with Crippen LogP contribution in [0.15, 0.2) is 22.3 Å². The van der Waals surface area contributed by atoms with Gasteiger partial charge >= 0.3 is 0 Å². The minimum atomic E-state index is -0.207. The molecule has 0 atom stereocenters. The van der Waals surface area contributed by atoms with E-state index in [-0.39, 0.29) is 18.0 Å². The quantitative estimate of drug-likeness (QED) is 0.651. The average molecular weight is 360 g/mol. The Morgan fingerprint density at radius 3 is 2.56 bits per heavy atom. The lowest BCUT2D eigenvalue weighted by atomic mass is 10.3. The summed E-state index contributed by atoms with van der Waals surface area (Å²) >= 11 is 1.61. The fourth-order valence-corrected chi connectivity index (χ4v) is 3.99. The average Bonchev–Trinajstić information content (AvgIpc) is 3.18. The molecule has 0 saturated heterocycles. The van der Waals surface area contributed by atoms with Gasteiger partial charge in [-0.05, 0) is 30.4 Å². The van der Waals surface area contributed by atoms with Crippen molar-refractivity contribution in [3.8, 4) is 0 Å². The second-order valence-corrected chi connectivity index (χ2v) is 7.10. The summed E-state index contributed by atoms with van der Waals surface area (Å²) in [7, 11) is 0. The maximum Gasteiger partial charge on any atom is 0.291 e. The minimum Gasteiger partial charge on any atom is -0.341 e. The molecule has 0 N–H and O–H groups in total. The summed E-state index contributed by atoms with van der Waals surface area (Å²) in [6.45, 7) is 7.54. The molecule has 0 aliphatic rings. The SMILES string of the molecule is CCCN(CCC)C(=O)Cn1nc(CC)n2c(cc3sccc32)c1=O. The van der Waals surface area contributed by atoms with Crippen molar-refractivity contribution < 1.29 is 4.79 Å². The van der Waals surface area contributed by atoms with Crippen molar-refractivity contribution in [2.45, 2.75) is 46.6 Å². The third kappa shape index (κ3) is 3.20. The highest BCUT2D eigenvalue weighted by Crippen LogP contribution is 2.24.